The summed E-state index contributed by atoms with van der Waals surface area (Å²) in [6.07, 6.45) is 2.73. The summed E-state index contributed by atoms with van der Waals surface area (Å²) in [5.41, 5.74) is 1.84. The summed E-state index contributed by atoms with van der Waals surface area (Å²) < 4.78 is 0. The number of halogens is 1. The van der Waals surface area contributed by atoms with E-state index in [4.69, 9.17) is 17.4 Å². The number of amidine groups is 1. The largest absolute Gasteiger partial charge is 0.367 e. The smallest absolute Gasteiger partial charge is 0.164 e. The predicted octanol–water partition coefficient (Wildman–Crippen LogP) is 3.09. The summed E-state index contributed by atoms with van der Waals surface area (Å²) in [4.78, 5) is 0. The van der Waals surface area contributed by atoms with Gasteiger partial charge in [-0.05, 0) is 23.6 Å². The zero-order chi connectivity index (χ0) is 13.4. The van der Waals surface area contributed by atoms with E-state index in [9.17, 15) is 0 Å². The first-order valence-corrected chi connectivity index (χ1v) is 6.20. The van der Waals surface area contributed by atoms with Gasteiger partial charge >= 0.3 is 0 Å². The molecule has 0 bridgehead atoms. The summed E-state index contributed by atoms with van der Waals surface area (Å²) in [5, 5.41) is 7.15. The molecule has 0 aliphatic heterocycles. The predicted molar refractivity (Wildman–Crippen MR) is 79.3 cm³/mol. The van der Waals surface area contributed by atoms with Crippen LogP contribution in [0, 0.1) is 0 Å². The third kappa shape index (κ3) is 4.26. The lowest BCUT2D eigenvalue weighted by Crippen LogP contribution is -2.25. The van der Waals surface area contributed by atoms with Gasteiger partial charge in [-0.3, -0.25) is 0 Å². The first kappa shape index (κ1) is 14.3. The molecule has 1 aromatic carbocycles. The van der Waals surface area contributed by atoms with Gasteiger partial charge in [-0.25, -0.2) is 0 Å². The highest BCUT2D eigenvalue weighted by Gasteiger charge is 2.04. The normalized spacial score (nSPS) is 12.3. The maximum atomic E-state index is 6.15. The first-order chi connectivity index (χ1) is 8.69. The van der Waals surface area contributed by atoms with Crippen LogP contribution in [0.25, 0.3) is 5.57 Å². The van der Waals surface area contributed by atoms with Crippen LogP contribution in [-0.4, -0.2) is 12.4 Å². The summed E-state index contributed by atoms with van der Waals surface area (Å²) in [5.74, 6) is 5.78. The zero-order valence-corrected chi connectivity index (χ0v) is 11.2. The first-order valence-electron chi connectivity index (χ1n) is 5.82. The van der Waals surface area contributed by atoms with Crippen LogP contribution in [-0.2, 0) is 0 Å². The van der Waals surface area contributed by atoms with Crippen molar-refractivity contribution in [1.29, 1.82) is 0 Å². The highest BCUT2D eigenvalue weighted by Crippen LogP contribution is 2.17. The van der Waals surface area contributed by atoms with Crippen LogP contribution < -0.4 is 11.2 Å². The quantitative estimate of drug-likeness (QED) is 0.282. The second-order valence-electron chi connectivity index (χ2n) is 3.79. The van der Waals surface area contributed by atoms with Crippen molar-refractivity contribution >= 4 is 23.0 Å². The number of nitrogens with two attached hydrogens (primary N) is 1. The van der Waals surface area contributed by atoms with Crippen LogP contribution in [0.1, 0.15) is 18.9 Å². The average molecular weight is 264 g/mol. The van der Waals surface area contributed by atoms with Crippen LogP contribution in [0.5, 0.6) is 0 Å². The van der Waals surface area contributed by atoms with Crippen LogP contribution >= 0.6 is 11.6 Å². The van der Waals surface area contributed by atoms with Crippen molar-refractivity contribution in [2.45, 2.75) is 13.3 Å². The molecule has 0 amide bonds. The molecule has 3 nitrogen and oxygen atoms in total. The molecule has 0 fully saturated rings. The number of benzene rings is 1. The molecule has 0 spiro atoms. The minimum atomic E-state index is 0.458. The molecule has 0 atom stereocenters. The molecule has 0 aromatic heterocycles. The molecule has 0 heterocycles. The fourth-order valence-corrected chi connectivity index (χ4v) is 1.64. The number of hydrogen-bond donors (Lipinski definition) is 2. The lowest BCUT2D eigenvalue weighted by atomic mass is 10.1. The third-order valence-electron chi connectivity index (χ3n) is 2.34. The van der Waals surface area contributed by atoms with Gasteiger partial charge in [0, 0.05) is 6.54 Å². The van der Waals surface area contributed by atoms with E-state index in [0.29, 0.717) is 10.9 Å². The highest BCUT2D eigenvalue weighted by molar-refractivity contribution is 6.43. The van der Waals surface area contributed by atoms with Gasteiger partial charge < -0.3 is 11.2 Å². The molecule has 0 aliphatic rings. The Morgan fingerprint density at radius 3 is 2.67 bits per heavy atom. The summed E-state index contributed by atoms with van der Waals surface area (Å²) >= 11 is 6.15. The van der Waals surface area contributed by atoms with Crippen LogP contribution in [0.2, 0.25) is 0 Å². The molecule has 4 heteroatoms. The van der Waals surface area contributed by atoms with E-state index in [1.54, 1.807) is 6.08 Å². The van der Waals surface area contributed by atoms with E-state index < -0.39 is 0 Å². The van der Waals surface area contributed by atoms with E-state index in [1.807, 2.05) is 30.3 Å². The summed E-state index contributed by atoms with van der Waals surface area (Å²) in [6, 6.07) is 9.81. The minimum absolute atomic E-state index is 0.458. The summed E-state index contributed by atoms with van der Waals surface area (Å²) in [7, 11) is 0. The topological polar surface area (TPSA) is 50.4 Å². The number of nitrogens with one attached hydrogen (secondary N) is 1. The molecule has 1 aromatic rings. The molecule has 0 saturated carbocycles. The zero-order valence-electron chi connectivity index (χ0n) is 10.5. The van der Waals surface area contributed by atoms with Crippen LogP contribution in [0.3, 0.4) is 0 Å². The Morgan fingerprint density at radius 2 is 2.11 bits per heavy atom. The summed E-state index contributed by atoms with van der Waals surface area (Å²) in [6.45, 7) is 6.81. The van der Waals surface area contributed by atoms with Crippen molar-refractivity contribution in [3.05, 3.63) is 53.6 Å². The van der Waals surface area contributed by atoms with E-state index in [0.717, 1.165) is 24.1 Å². The monoisotopic (exact) mass is 263 g/mol. The van der Waals surface area contributed by atoms with E-state index in [-0.39, 0.29) is 0 Å². The highest BCUT2D eigenvalue weighted by atomic mass is 35.5. The van der Waals surface area contributed by atoms with Gasteiger partial charge in [0.05, 0.1) is 5.03 Å². The number of rotatable bonds is 5. The second kappa shape index (κ2) is 7.56. The fraction of sp³-hybridized carbons (Fsp3) is 0.214. The Bertz CT molecular complexity index is 449. The van der Waals surface area contributed by atoms with E-state index in [1.165, 1.54) is 0 Å². The molecular weight excluding hydrogens is 246 g/mol. The van der Waals surface area contributed by atoms with Crippen molar-refractivity contribution in [1.82, 2.24) is 5.32 Å². The Morgan fingerprint density at radius 1 is 1.44 bits per heavy atom. The van der Waals surface area contributed by atoms with Crippen molar-refractivity contribution in [3.63, 3.8) is 0 Å². The van der Waals surface area contributed by atoms with Gasteiger partial charge in [-0.2, -0.15) is 5.10 Å². The van der Waals surface area contributed by atoms with E-state index >= 15 is 0 Å². The molecular formula is C14H18ClN3. The van der Waals surface area contributed by atoms with Gasteiger partial charge in [0.2, 0.25) is 0 Å². The van der Waals surface area contributed by atoms with Crippen LogP contribution in [0.15, 0.2) is 53.1 Å². The van der Waals surface area contributed by atoms with Gasteiger partial charge in [0.25, 0.3) is 0 Å². The molecule has 0 saturated heterocycles. The van der Waals surface area contributed by atoms with Crippen molar-refractivity contribution < 1.29 is 0 Å². The second-order valence-corrected chi connectivity index (χ2v) is 4.20. The average Bonchev–Trinajstić information content (AvgIpc) is 2.40. The Labute approximate surface area is 113 Å². The standard InChI is InChI=1S/C14H18ClN3/c1-3-9-17-14(18-16)13(15)10-11(2)12-7-5-4-6-8-12/h4-8,10H,2-3,9,16H2,1H3,(H,17,18)/b13-10+. The Balaban J connectivity index is 2.79. The number of allylic oxidation sites excluding steroid dienone is 2. The van der Waals surface area contributed by atoms with E-state index in [2.05, 4.69) is 23.9 Å². The number of hydrogen-bond acceptors (Lipinski definition) is 2. The fourth-order valence-electron chi connectivity index (χ4n) is 1.39. The molecule has 0 radical (unpaired) electrons. The van der Waals surface area contributed by atoms with Crippen molar-refractivity contribution in [3.8, 4) is 0 Å². The maximum absolute atomic E-state index is 6.15. The molecule has 3 N–H and O–H groups in total. The maximum Gasteiger partial charge on any atom is 0.164 e. The van der Waals surface area contributed by atoms with Crippen molar-refractivity contribution in [2.75, 3.05) is 6.54 Å². The van der Waals surface area contributed by atoms with Crippen molar-refractivity contribution in [2.24, 2.45) is 10.9 Å². The molecule has 96 valence electrons. The lowest BCUT2D eigenvalue weighted by Gasteiger charge is -2.07. The Kier molecular flexibility index (Phi) is 6.01. The molecule has 0 aliphatic carbocycles. The van der Waals surface area contributed by atoms with Gasteiger partial charge in [0.15, 0.2) is 5.84 Å². The molecule has 18 heavy (non-hydrogen) atoms. The number of nitrogens with zero attached hydrogens (tertiary/aromatic N) is 1. The van der Waals surface area contributed by atoms with Gasteiger partial charge in [-0.15, -0.1) is 0 Å². The third-order valence-corrected chi connectivity index (χ3v) is 2.63. The van der Waals surface area contributed by atoms with Gasteiger partial charge in [0.1, 0.15) is 0 Å². The number of hydrazone groups is 1. The lowest BCUT2D eigenvalue weighted by molar-refractivity contribution is 0.837. The molecule has 1 rings (SSSR count). The van der Waals surface area contributed by atoms with Crippen LogP contribution in [0.4, 0.5) is 0 Å². The molecule has 0 unspecified atom stereocenters. The minimum Gasteiger partial charge on any atom is -0.367 e. The Hall–Kier alpha value is -1.74. The van der Waals surface area contributed by atoms with Gasteiger partial charge in [-0.1, -0.05) is 55.4 Å². The SMILES string of the molecule is C=C(/C=C(Cl)\C(=N/N)NCCC)c1ccccc1.